The Kier molecular flexibility index (Phi) is 8.54. The van der Waals surface area contributed by atoms with Crippen LogP contribution in [0.4, 0.5) is 15.0 Å². The summed E-state index contributed by atoms with van der Waals surface area (Å²) in [6.45, 7) is 12.5. The van der Waals surface area contributed by atoms with Crippen molar-refractivity contribution in [3.05, 3.63) is 64.1 Å². The van der Waals surface area contributed by atoms with E-state index in [1.54, 1.807) is 9.80 Å². The molecule has 4 heterocycles. The van der Waals surface area contributed by atoms with Crippen LogP contribution in [0.1, 0.15) is 68.9 Å². The van der Waals surface area contributed by atoms with Crippen molar-refractivity contribution in [2.45, 2.75) is 84.3 Å². The highest BCUT2D eigenvalue weighted by molar-refractivity contribution is 6.31. The van der Waals surface area contributed by atoms with E-state index >= 15 is 0 Å². The SMILES string of the molecule is C[C@@H]1COC[C@H](C)N1C(=O)c1cc(F)ccc1Oc1nnc(Cl)c(N2CC3(CC(Oc4cccc5c4CN(C(=O)OC(C)(C)C)C5)C3)C2)n1. The minimum absolute atomic E-state index is 0.0495. The van der Waals surface area contributed by atoms with Gasteiger partial charge in [0, 0.05) is 30.6 Å². The maximum Gasteiger partial charge on any atom is 0.410 e. The summed E-state index contributed by atoms with van der Waals surface area (Å²) in [7, 11) is 0. The zero-order chi connectivity index (χ0) is 34.7. The lowest BCUT2D eigenvalue weighted by atomic mass is 9.61. The molecule has 260 valence electrons. The highest BCUT2D eigenvalue weighted by Crippen LogP contribution is 2.52. The van der Waals surface area contributed by atoms with Gasteiger partial charge in [0.25, 0.3) is 5.91 Å². The predicted octanol–water partition coefficient (Wildman–Crippen LogP) is 6.00. The Labute approximate surface area is 289 Å². The Balaban J connectivity index is 0.979. The summed E-state index contributed by atoms with van der Waals surface area (Å²) < 4.78 is 37.9. The van der Waals surface area contributed by atoms with E-state index in [1.807, 2.05) is 57.7 Å². The summed E-state index contributed by atoms with van der Waals surface area (Å²) in [5, 5.41) is 8.19. The lowest BCUT2D eigenvalue weighted by Gasteiger charge is -2.58. The van der Waals surface area contributed by atoms with E-state index in [2.05, 4.69) is 15.2 Å². The predicted molar refractivity (Wildman–Crippen MR) is 177 cm³/mol. The molecule has 4 aliphatic rings. The number of aromatic nitrogens is 3. The van der Waals surface area contributed by atoms with Crippen LogP contribution in [0.15, 0.2) is 36.4 Å². The van der Waals surface area contributed by atoms with Gasteiger partial charge in [0.2, 0.25) is 0 Å². The molecule has 7 rings (SSSR count). The van der Waals surface area contributed by atoms with Gasteiger partial charge in [-0.3, -0.25) is 9.69 Å². The molecule has 0 N–H and O–H groups in total. The van der Waals surface area contributed by atoms with Gasteiger partial charge < -0.3 is 28.7 Å². The molecule has 2 aromatic carbocycles. The van der Waals surface area contributed by atoms with Crippen molar-refractivity contribution < 1.29 is 32.9 Å². The molecule has 0 radical (unpaired) electrons. The molecule has 12 nitrogen and oxygen atoms in total. The number of halogens is 2. The van der Waals surface area contributed by atoms with Crippen molar-refractivity contribution in [3.8, 4) is 17.5 Å². The Morgan fingerprint density at radius 3 is 2.47 bits per heavy atom. The first-order valence-electron chi connectivity index (χ1n) is 16.6. The Hall–Kier alpha value is -4.23. The number of benzene rings is 2. The zero-order valence-corrected chi connectivity index (χ0v) is 29.0. The summed E-state index contributed by atoms with van der Waals surface area (Å²) >= 11 is 6.44. The number of anilines is 1. The number of hydrogen-bond donors (Lipinski definition) is 0. The van der Waals surface area contributed by atoms with E-state index in [9.17, 15) is 14.0 Å². The molecule has 1 aromatic heterocycles. The molecular formula is C35H40ClFN6O6. The molecule has 1 spiro atoms. The first kappa shape index (κ1) is 33.3. The highest BCUT2D eigenvalue weighted by atomic mass is 35.5. The van der Waals surface area contributed by atoms with Crippen LogP contribution in [-0.2, 0) is 22.6 Å². The standard InChI is InChI=1S/C35H40ClFN6O6/c1-20-16-46-17-21(2)43(20)31(44)25-11-23(37)9-10-28(25)48-32-38-30(29(36)39-40-32)42-18-35(19-42)12-24(13-35)47-27-8-6-7-22-14-41(15-26(22)27)33(45)49-34(3,4)5/h6-11,20-21,24H,12-19H2,1-5H3/t20-,21+. The summed E-state index contributed by atoms with van der Waals surface area (Å²) in [6.07, 6.45) is 1.44. The molecule has 2 amide bonds. The quantitative estimate of drug-likeness (QED) is 0.304. The summed E-state index contributed by atoms with van der Waals surface area (Å²) in [4.78, 5) is 36.2. The molecule has 1 aliphatic carbocycles. The maximum absolute atomic E-state index is 14.4. The molecule has 14 heteroatoms. The van der Waals surface area contributed by atoms with Gasteiger partial charge >= 0.3 is 12.1 Å². The number of amides is 2. The molecule has 3 fully saturated rings. The number of fused-ring (bicyclic) bond motifs is 1. The summed E-state index contributed by atoms with van der Waals surface area (Å²) in [5.41, 5.74) is 1.65. The van der Waals surface area contributed by atoms with E-state index in [-0.39, 0.29) is 58.1 Å². The third kappa shape index (κ3) is 6.70. The van der Waals surface area contributed by atoms with Crippen molar-refractivity contribution in [2.75, 3.05) is 31.2 Å². The maximum atomic E-state index is 14.4. The molecule has 2 atom stereocenters. The summed E-state index contributed by atoms with van der Waals surface area (Å²) in [5.74, 6) is 0.421. The van der Waals surface area contributed by atoms with E-state index < -0.39 is 11.4 Å². The van der Waals surface area contributed by atoms with Crippen molar-refractivity contribution in [1.29, 1.82) is 0 Å². The topological polar surface area (TPSA) is 119 Å². The van der Waals surface area contributed by atoms with E-state index in [0.717, 1.165) is 35.8 Å². The number of nitrogens with zero attached hydrogens (tertiary/aromatic N) is 6. The lowest BCUT2D eigenvalue weighted by Crippen LogP contribution is -2.65. The van der Waals surface area contributed by atoms with Crippen LogP contribution in [0.25, 0.3) is 0 Å². The summed E-state index contributed by atoms with van der Waals surface area (Å²) in [6, 6.07) is 9.24. The minimum atomic E-state index is -0.562. The lowest BCUT2D eigenvalue weighted by molar-refractivity contribution is -0.0348. The second-order valence-corrected chi connectivity index (χ2v) is 15.0. The van der Waals surface area contributed by atoms with Crippen LogP contribution in [0.2, 0.25) is 5.15 Å². The van der Waals surface area contributed by atoms with Crippen LogP contribution < -0.4 is 14.4 Å². The second-order valence-electron chi connectivity index (χ2n) is 14.6. The van der Waals surface area contributed by atoms with Crippen molar-refractivity contribution in [1.82, 2.24) is 25.0 Å². The van der Waals surface area contributed by atoms with Gasteiger partial charge in [-0.2, -0.15) is 4.98 Å². The van der Waals surface area contributed by atoms with E-state index in [0.29, 0.717) is 45.2 Å². The number of hydrogen-bond acceptors (Lipinski definition) is 10. The molecule has 1 saturated carbocycles. The van der Waals surface area contributed by atoms with Gasteiger partial charge in [0.15, 0.2) is 11.0 Å². The minimum Gasteiger partial charge on any atom is -0.490 e. The molecule has 3 aliphatic heterocycles. The fourth-order valence-electron chi connectivity index (χ4n) is 7.23. The molecule has 0 unspecified atom stereocenters. The zero-order valence-electron chi connectivity index (χ0n) is 28.2. The number of carbonyl (C=O) groups excluding carboxylic acids is 2. The Morgan fingerprint density at radius 2 is 1.76 bits per heavy atom. The molecule has 0 bridgehead atoms. The van der Waals surface area contributed by atoms with Gasteiger partial charge in [-0.25, -0.2) is 9.18 Å². The Bertz CT molecular complexity index is 1760. The van der Waals surface area contributed by atoms with Crippen LogP contribution in [0, 0.1) is 11.2 Å². The highest BCUT2D eigenvalue weighted by Gasteiger charge is 2.54. The Morgan fingerprint density at radius 1 is 1.02 bits per heavy atom. The second kappa shape index (κ2) is 12.6. The van der Waals surface area contributed by atoms with Gasteiger partial charge in [-0.1, -0.05) is 28.8 Å². The average molecular weight is 695 g/mol. The van der Waals surface area contributed by atoms with Gasteiger partial charge in [-0.05, 0) is 77.3 Å². The fraction of sp³-hybridized carbons (Fsp3) is 0.514. The third-order valence-corrected chi connectivity index (χ3v) is 9.69. The number of carbonyl (C=O) groups is 2. The largest absolute Gasteiger partial charge is 0.490 e. The molecule has 2 saturated heterocycles. The third-order valence-electron chi connectivity index (χ3n) is 9.44. The van der Waals surface area contributed by atoms with E-state index in [4.69, 9.17) is 30.5 Å². The van der Waals surface area contributed by atoms with Crippen LogP contribution in [0.3, 0.4) is 0 Å². The van der Waals surface area contributed by atoms with Crippen LogP contribution >= 0.6 is 11.6 Å². The molecule has 49 heavy (non-hydrogen) atoms. The number of rotatable bonds is 6. The van der Waals surface area contributed by atoms with Crippen LogP contribution in [0.5, 0.6) is 17.5 Å². The molecular weight excluding hydrogens is 655 g/mol. The molecule has 3 aromatic rings. The fourth-order valence-corrected chi connectivity index (χ4v) is 7.43. The van der Waals surface area contributed by atoms with Crippen molar-refractivity contribution in [3.63, 3.8) is 0 Å². The first-order valence-corrected chi connectivity index (χ1v) is 16.9. The van der Waals surface area contributed by atoms with Crippen molar-refractivity contribution >= 4 is 29.4 Å². The first-order chi connectivity index (χ1) is 23.3. The van der Waals surface area contributed by atoms with E-state index in [1.165, 1.54) is 12.1 Å². The smallest absolute Gasteiger partial charge is 0.410 e. The monoisotopic (exact) mass is 694 g/mol. The van der Waals surface area contributed by atoms with Crippen molar-refractivity contribution in [2.24, 2.45) is 5.41 Å². The van der Waals surface area contributed by atoms with Gasteiger partial charge in [0.05, 0.1) is 37.4 Å². The normalized spacial score (nSPS) is 21.6. The number of ether oxygens (including phenoxy) is 4. The van der Waals surface area contributed by atoms with Gasteiger partial charge in [0.1, 0.15) is 29.0 Å². The van der Waals surface area contributed by atoms with Gasteiger partial charge in [-0.15, -0.1) is 5.10 Å². The van der Waals surface area contributed by atoms with Crippen LogP contribution in [-0.4, -0.2) is 87.1 Å². The average Bonchev–Trinajstić information content (AvgIpc) is 3.44. The number of morpholine rings is 1.